The number of alkyl halides is 2. The van der Waals surface area contributed by atoms with Crippen LogP contribution in [0, 0.1) is 0 Å². The molecule has 1 fully saturated rings. The molecule has 1 rings (SSSR count). The highest BCUT2D eigenvalue weighted by Crippen LogP contribution is 2.27. The summed E-state index contributed by atoms with van der Waals surface area (Å²) in [5, 5.41) is 17.6. The van der Waals surface area contributed by atoms with E-state index in [0.717, 1.165) is 0 Å². The summed E-state index contributed by atoms with van der Waals surface area (Å²) in [6.45, 7) is -0.332. The zero-order valence-corrected chi connectivity index (χ0v) is 7.23. The molecule has 2 N–H and O–H groups in total. The highest BCUT2D eigenvalue weighted by molar-refractivity contribution is 14.1. The van der Waals surface area contributed by atoms with Crippen LogP contribution in [0.4, 0.5) is 4.39 Å². The third-order valence-corrected chi connectivity index (χ3v) is 2.74. The van der Waals surface area contributed by atoms with Gasteiger partial charge in [-0.25, -0.2) is 4.39 Å². The third-order valence-electron chi connectivity index (χ3n) is 1.44. The standard InChI is InChI=1S/C5H8FIO3/c6-5-3(7)4(9)2(1-8)10-5/h2-5,8-9H,1H2/t2-,3+,4+,5?/m1/s1. The Hall–Kier alpha value is 0.540. The van der Waals surface area contributed by atoms with Gasteiger partial charge in [-0.2, -0.15) is 0 Å². The molecular weight excluding hydrogens is 254 g/mol. The minimum atomic E-state index is -1.45. The molecule has 0 saturated carbocycles. The van der Waals surface area contributed by atoms with Gasteiger partial charge in [0.1, 0.15) is 6.10 Å². The Labute approximate surface area is 71.3 Å². The van der Waals surface area contributed by atoms with Crippen LogP contribution in [-0.2, 0) is 4.74 Å². The Morgan fingerprint density at radius 3 is 2.40 bits per heavy atom. The third kappa shape index (κ3) is 1.41. The van der Waals surface area contributed by atoms with Gasteiger partial charge in [0.25, 0.3) is 0 Å². The van der Waals surface area contributed by atoms with Crippen molar-refractivity contribution in [1.82, 2.24) is 0 Å². The predicted molar refractivity (Wildman–Crippen MR) is 40.7 cm³/mol. The average molecular weight is 262 g/mol. The summed E-state index contributed by atoms with van der Waals surface area (Å²) in [5.74, 6) is 0. The number of ether oxygens (including phenoxy) is 1. The maximum atomic E-state index is 12.5. The zero-order valence-electron chi connectivity index (χ0n) is 5.08. The Morgan fingerprint density at radius 1 is 1.60 bits per heavy atom. The molecule has 0 spiro atoms. The summed E-state index contributed by atoms with van der Waals surface area (Å²) in [4.78, 5) is 0. The molecule has 0 aliphatic carbocycles. The molecule has 1 aliphatic rings. The van der Waals surface area contributed by atoms with Crippen LogP contribution in [0.1, 0.15) is 0 Å². The molecule has 0 aromatic heterocycles. The highest BCUT2D eigenvalue weighted by Gasteiger charge is 2.41. The maximum absolute atomic E-state index is 12.5. The van der Waals surface area contributed by atoms with Gasteiger partial charge in [0, 0.05) is 0 Å². The molecule has 1 saturated heterocycles. The largest absolute Gasteiger partial charge is 0.394 e. The molecule has 0 radical (unpaired) electrons. The second-order valence-corrected chi connectivity index (χ2v) is 3.58. The van der Waals surface area contributed by atoms with Crippen molar-refractivity contribution in [3.63, 3.8) is 0 Å². The SMILES string of the molecule is OC[C@H]1OC(F)[C@@H](I)[C@H]1O. The number of halogens is 2. The minimum Gasteiger partial charge on any atom is -0.394 e. The van der Waals surface area contributed by atoms with Crippen molar-refractivity contribution in [2.24, 2.45) is 0 Å². The first-order chi connectivity index (χ1) is 4.66. The lowest BCUT2D eigenvalue weighted by molar-refractivity contribution is -0.0648. The number of rotatable bonds is 1. The van der Waals surface area contributed by atoms with E-state index in [1.807, 2.05) is 0 Å². The van der Waals surface area contributed by atoms with Gasteiger partial charge in [-0.1, -0.05) is 22.6 Å². The summed E-state index contributed by atoms with van der Waals surface area (Å²) < 4.78 is 16.5. The van der Waals surface area contributed by atoms with Gasteiger partial charge in [-0.15, -0.1) is 0 Å². The Bertz CT molecular complexity index is 123. The number of hydrogen-bond acceptors (Lipinski definition) is 3. The first-order valence-electron chi connectivity index (χ1n) is 2.89. The van der Waals surface area contributed by atoms with Gasteiger partial charge in [0.2, 0.25) is 6.36 Å². The van der Waals surface area contributed by atoms with E-state index in [1.54, 1.807) is 22.6 Å². The average Bonchev–Trinajstić information content (AvgIpc) is 2.17. The van der Waals surface area contributed by atoms with Gasteiger partial charge < -0.3 is 14.9 Å². The smallest absolute Gasteiger partial charge is 0.213 e. The van der Waals surface area contributed by atoms with Crippen LogP contribution in [0.5, 0.6) is 0 Å². The summed E-state index contributed by atoms with van der Waals surface area (Å²) in [7, 11) is 0. The quantitative estimate of drug-likeness (QED) is 0.510. The first kappa shape index (κ1) is 8.63. The molecule has 1 heterocycles. The molecule has 3 nitrogen and oxygen atoms in total. The zero-order chi connectivity index (χ0) is 7.72. The lowest BCUT2D eigenvalue weighted by Gasteiger charge is -2.09. The fourth-order valence-electron chi connectivity index (χ4n) is 0.834. The maximum Gasteiger partial charge on any atom is 0.213 e. The van der Waals surface area contributed by atoms with Crippen molar-refractivity contribution < 1.29 is 19.3 Å². The molecule has 0 aromatic carbocycles. The Morgan fingerprint density at radius 2 is 2.20 bits per heavy atom. The van der Waals surface area contributed by atoms with Crippen molar-refractivity contribution in [3.05, 3.63) is 0 Å². The van der Waals surface area contributed by atoms with Crippen LogP contribution in [0.15, 0.2) is 0 Å². The van der Waals surface area contributed by atoms with E-state index < -0.39 is 22.5 Å². The second kappa shape index (κ2) is 3.29. The molecule has 0 amide bonds. The van der Waals surface area contributed by atoms with E-state index in [4.69, 9.17) is 10.2 Å². The van der Waals surface area contributed by atoms with E-state index in [1.165, 1.54) is 0 Å². The van der Waals surface area contributed by atoms with E-state index in [-0.39, 0.29) is 6.61 Å². The van der Waals surface area contributed by atoms with Crippen LogP contribution in [0.2, 0.25) is 0 Å². The van der Waals surface area contributed by atoms with Crippen LogP contribution in [-0.4, -0.2) is 39.3 Å². The lowest BCUT2D eigenvalue weighted by Crippen LogP contribution is -2.29. The molecule has 5 heteroatoms. The Balaban J connectivity index is 2.53. The van der Waals surface area contributed by atoms with E-state index >= 15 is 0 Å². The topological polar surface area (TPSA) is 49.7 Å². The van der Waals surface area contributed by atoms with Crippen molar-refractivity contribution >= 4 is 22.6 Å². The van der Waals surface area contributed by atoms with Crippen LogP contribution in [0.3, 0.4) is 0 Å². The molecule has 0 aromatic rings. The van der Waals surface area contributed by atoms with Crippen molar-refractivity contribution in [3.8, 4) is 0 Å². The number of hydrogen-bond donors (Lipinski definition) is 2. The van der Waals surface area contributed by atoms with Crippen molar-refractivity contribution in [2.75, 3.05) is 6.61 Å². The summed E-state index contributed by atoms with van der Waals surface area (Å²) in [6, 6.07) is 0. The van der Waals surface area contributed by atoms with E-state index in [0.29, 0.717) is 0 Å². The molecular formula is C5H8FIO3. The normalized spacial score (nSPS) is 48.0. The van der Waals surface area contributed by atoms with Gasteiger partial charge in [-0.05, 0) is 0 Å². The van der Waals surface area contributed by atoms with Gasteiger partial charge >= 0.3 is 0 Å². The van der Waals surface area contributed by atoms with E-state index in [9.17, 15) is 4.39 Å². The lowest BCUT2D eigenvalue weighted by atomic mass is 10.2. The summed E-state index contributed by atoms with van der Waals surface area (Å²) in [5.41, 5.74) is 0. The van der Waals surface area contributed by atoms with Gasteiger partial charge in [-0.3, -0.25) is 0 Å². The predicted octanol–water partition coefficient (Wildman–Crippen LogP) is -0.162. The van der Waals surface area contributed by atoms with Crippen LogP contribution >= 0.6 is 22.6 Å². The Kier molecular flexibility index (Phi) is 2.84. The van der Waals surface area contributed by atoms with E-state index in [2.05, 4.69) is 4.74 Å². The number of aliphatic hydroxyl groups excluding tert-OH is 2. The molecule has 4 atom stereocenters. The fraction of sp³-hybridized carbons (Fsp3) is 1.00. The molecule has 10 heavy (non-hydrogen) atoms. The first-order valence-corrected chi connectivity index (χ1v) is 4.14. The molecule has 0 bridgehead atoms. The molecule has 1 unspecified atom stereocenters. The minimum absolute atomic E-state index is 0.332. The van der Waals surface area contributed by atoms with Crippen LogP contribution < -0.4 is 0 Å². The summed E-state index contributed by atoms with van der Waals surface area (Å²) in [6.07, 6.45) is -3.09. The molecule has 1 aliphatic heterocycles. The fourth-order valence-corrected chi connectivity index (χ4v) is 1.47. The van der Waals surface area contributed by atoms with Gasteiger partial charge in [0.05, 0.1) is 16.6 Å². The van der Waals surface area contributed by atoms with Crippen LogP contribution in [0.25, 0.3) is 0 Å². The second-order valence-electron chi connectivity index (χ2n) is 2.14. The molecule has 60 valence electrons. The van der Waals surface area contributed by atoms with Crippen molar-refractivity contribution in [2.45, 2.75) is 22.5 Å². The highest BCUT2D eigenvalue weighted by atomic mass is 127. The summed E-state index contributed by atoms with van der Waals surface area (Å²) >= 11 is 1.76. The number of aliphatic hydroxyl groups is 2. The monoisotopic (exact) mass is 262 g/mol. The van der Waals surface area contributed by atoms with Crippen molar-refractivity contribution in [1.29, 1.82) is 0 Å². The van der Waals surface area contributed by atoms with Gasteiger partial charge in [0.15, 0.2) is 0 Å².